The van der Waals surface area contributed by atoms with Crippen LogP contribution >= 0.6 is 0 Å². The molecule has 0 saturated heterocycles. The number of nitrogens with zero attached hydrogens (tertiary/aromatic N) is 1. The van der Waals surface area contributed by atoms with Crippen LogP contribution in [-0.2, 0) is 0 Å². The average molecular weight is 249 g/mol. The molecule has 3 nitrogen and oxygen atoms in total. The Kier molecular flexibility index (Phi) is 3.64. The molecule has 0 fully saturated rings. The van der Waals surface area contributed by atoms with Crippen molar-refractivity contribution in [3.05, 3.63) is 65.0 Å². The highest BCUT2D eigenvalue weighted by Gasteiger charge is 2.18. The largest absolute Gasteiger partial charge is 0.271 e. The van der Waals surface area contributed by atoms with Crippen molar-refractivity contribution in [1.82, 2.24) is 10.4 Å². The fourth-order valence-electron chi connectivity index (χ4n) is 1.89. The van der Waals surface area contributed by atoms with Crippen LogP contribution < -0.4 is 11.3 Å². The lowest BCUT2D eigenvalue weighted by molar-refractivity contribution is 0.544. The molecule has 0 radical (unpaired) electrons. The molecule has 18 heavy (non-hydrogen) atoms. The summed E-state index contributed by atoms with van der Waals surface area (Å²) in [6.45, 7) is 1.84. The van der Waals surface area contributed by atoms with E-state index in [9.17, 15) is 8.78 Å². The van der Waals surface area contributed by atoms with Gasteiger partial charge in [-0.2, -0.15) is 0 Å². The van der Waals surface area contributed by atoms with Crippen molar-refractivity contribution < 1.29 is 8.78 Å². The van der Waals surface area contributed by atoms with E-state index in [4.69, 9.17) is 5.84 Å². The van der Waals surface area contributed by atoms with E-state index in [0.717, 1.165) is 29.3 Å². The van der Waals surface area contributed by atoms with E-state index in [0.29, 0.717) is 0 Å². The summed E-state index contributed by atoms with van der Waals surface area (Å²) in [7, 11) is 0. The van der Waals surface area contributed by atoms with E-state index >= 15 is 0 Å². The van der Waals surface area contributed by atoms with E-state index in [1.807, 2.05) is 6.92 Å². The minimum Gasteiger partial charge on any atom is -0.271 e. The van der Waals surface area contributed by atoms with Crippen LogP contribution in [-0.4, -0.2) is 4.98 Å². The van der Waals surface area contributed by atoms with Crippen LogP contribution in [0, 0.1) is 18.6 Å². The molecule has 1 unspecified atom stereocenters. The van der Waals surface area contributed by atoms with Crippen molar-refractivity contribution >= 4 is 0 Å². The van der Waals surface area contributed by atoms with E-state index in [-0.39, 0.29) is 5.56 Å². The Balaban J connectivity index is 2.52. The highest BCUT2D eigenvalue weighted by Crippen LogP contribution is 2.26. The minimum atomic E-state index is -0.608. The predicted octanol–water partition coefficient (Wildman–Crippen LogP) is 2.22. The van der Waals surface area contributed by atoms with Crippen molar-refractivity contribution in [1.29, 1.82) is 0 Å². The Morgan fingerprint density at radius 2 is 2.00 bits per heavy atom. The van der Waals surface area contributed by atoms with Crippen LogP contribution in [0.2, 0.25) is 0 Å². The lowest BCUT2D eigenvalue weighted by Gasteiger charge is -2.19. The second kappa shape index (κ2) is 5.20. The highest BCUT2D eigenvalue weighted by atomic mass is 19.1. The Hall–Kier alpha value is -1.85. The van der Waals surface area contributed by atoms with Gasteiger partial charge < -0.3 is 0 Å². The summed E-state index contributed by atoms with van der Waals surface area (Å²) in [6, 6.07) is 4.42. The molecule has 1 atom stereocenters. The van der Waals surface area contributed by atoms with Gasteiger partial charge in [0.25, 0.3) is 0 Å². The van der Waals surface area contributed by atoms with Crippen LogP contribution in [0.1, 0.15) is 22.7 Å². The Morgan fingerprint density at radius 1 is 1.22 bits per heavy atom. The summed E-state index contributed by atoms with van der Waals surface area (Å²) in [5, 5.41) is 0. The summed E-state index contributed by atoms with van der Waals surface area (Å²) in [5.41, 5.74) is 4.29. The molecular weight excluding hydrogens is 236 g/mol. The van der Waals surface area contributed by atoms with Gasteiger partial charge in [-0.05, 0) is 42.3 Å². The predicted molar refractivity (Wildman–Crippen MR) is 64.5 cm³/mol. The van der Waals surface area contributed by atoms with Gasteiger partial charge in [0.1, 0.15) is 11.6 Å². The molecule has 0 spiro atoms. The number of hydrazine groups is 1. The highest BCUT2D eigenvalue weighted by molar-refractivity contribution is 5.35. The first-order chi connectivity index (χ1) is 8.63. The van der Waals surface area contributed by atoms with Crippen LogP contribution in [0.15, 0.2) is 36.7 Å². The van der Waals surface area contributed by atoms with Gasteiger partial charge in [0, 0.05) is 18.0 Å². The summed E-state index contributed by atoms with van der Waals surface area (Å²) in [6.07, 6.45) is 3.24. The zero-order chi connectivity index (χ0) is 13.1. The monoisotopic (exact) mass is 249 g/mol. The minimum absolute atomic E-state index is 0.173. The number of halogens is 2. The van der Waals surface area contributed by atoms with Gasteiger partial charge in [-0.3, -0.25) is 10.8 Å². The third-order valence-corrected chi connectivity index (χ3v) is 2.81. The third-order valence-electron chi connectivity index (χ3n) is 2.81. The van der Waals surface area contributed by atoms with E-state index in [1.54, 1.807) is 18.5 Å². The first kappa shape index (κ1) is 12.6. The standard InChI is InChI=1S/C13H13F2N3/c1-8-7-17-5-4-10(8)13(18-16)11-6-9(14)2-3-12(11)15/h2-7,13,18H,16H2,1H3. The van der Waals surface area contributed by atoms with Gasteiger partial charge in [-0.25, -0.2) is 14.2 Å². The molecule has 0 saturated carbocycles. The molecule has 0 amide bonds. The number of nitrogens with one attached hydrogen (secondary N) is 1. The fourth-order valence-corrected chi connectivity index (χ4v) is 1.89. The van der Waals surface area contributed by atoms with Gasteiger partial charge in [0.05, 0.1) is 6.04 Å². The fraction of sp³-hybridized carbons (Fsp3) is 0.154. The zero-order valence-corrected chi connectivity index (χ0v) is 9.82. The molecule has 0 aliphatic rings. The Morgan fingerprint density at radius 3 is 2.67 bits per heavy atom. The van der Waals surface area contributed by atoms with Gasteiger partial charge >= 0.3 is 0 Å². The molecule has 1 heterocycles. The molecule has 3 N–H and O–H groups in total. The van der Waals surface area contributed by atoms with Crippen molar-refractivity contribution in [3.8, 4) is 0 Å². The van der Waals surface area contributed by atoms with Crippen LogP contribution in [0.25, 0.3) is 0 Å². The second-order valence-corrected chi connectivity index (χ2v) is 4.00. The average Bonchev–Trinajstić information content (AvgIpc) is 2.36. The third kappa shape index (κ3) is 2.37. The van der Waals surface area contributed by atoms with Crippen LogP contribution in [0.4, 0.5) is 8.78 Å². The summed E-state index contributed by atoms with van der Waals surface area (Å²) in [5.74, 6) is 4.46. The number of pyridine rings is 1. The van der Waals surface area contributed by atoms with Crippen molar-refractivity contribution in [3.63, 3.8) is 0 Å². The molecule has 1 aromatic heterocycles. The number of nitrogens with two attached hydrogens (primary N) is 1. The van der Waals surface area contributed by atoms with Gasteiger partial charge in [0.15, 0.2) is 0 Å². The van der Waals surface area contributed by atoms with Gasteiger partial charge in [0.2, 0.25) is 0 Å². The molecular formula is C13H13F2N3. The maximum atomic E-state index is 13.7. The lowest BCUT2D eigenvalue weighted by Crippen LogP contribution is -2.30. The van der Waals surface area contributed by atoms with Crippen molar-refractivity contribution in [2.24, 2.45) is 5.84 Å². The number of hydrogen-bond acceptors (Lipinski definition) is 3. The summed E-state index contributed by atoms with van der Waals surface area (Å²) in [4.78, 5) is 3.96. The molecule has 5 heteroatoms. The maximum Gasteiger partial charge on any atom is 0.128 e. The van der Waals surface area contributed by atoms with E-state index in [1.165, 1.54) is 0 Å². The molecule has 0 aliphatic heterocycles. The topological polar surface area (TPSA) is 50.9 Å². The van der Waals surface area contributed by atoms with Gasteiger partial charge in [-0.1, -0.05) is 0 Å². The second-order valence-electron chi connectivity index (χ2n) is 4.00. The summed E-state index contributed by atoms with van der Waals surface area (Å²) >= 11 is 0. The number of benzene rings is 1. The Bertz CT molecular complexity index is 558. The molecule has 0 aliphatic carbocycles. The normalized spacial score (nSPS) is 12.4. The molecule has 2 aromatic rings. The summed E-state index contributed by atoms with van der Waals surface area (Å²) < 4.78 is 27.0. The number of hydrogen-bond donors (Lipinski definition) is 2. The van der Waals surface area contributed by atoms with Crippen LogP contribution in [0.3, 0.4) is 0 Å². The lowest BCUT2D eigenvalue weighted by atomic mass is 9.96. The zero-order valence-electron chi connectivity index (χ0n) is 9.82. The number of aromatic nitrogens is 1. The molecule has 0 bridgehead atoms. The SMILES string of the molecule is Cc1cnccc1C(NN)c1cc(F)ccc1F. The quantitative estimate of drug-likeness (QED) is 0.647. The van der Waals surface area contributed by atoms with Crippen molar-refractivity contribution in [2.75, 3.05) is 0 Å². The van der Waals surface area contributed by atoms with Gasteiger partial charge in [-0.15, -0.1) is 0 Å². The van der Waals surface area contributed by atoms with E-state index in [2.05, 4.69) is 10.4 Å². The molecule has 2 rings (SSSR count). The molecule has 1 aromatic carbocycles. The number of aryl methyl sites for hydroxylation is 1. The Labute approximate surface area is 104 Å². The van der Waals surface area contributed by atoms with Crippen LogP contribution in [0.5, 0.6) is 0 Å². The number of rotatable bonds is 3. The first-order valence-corrected chi connectivity index (χ1v) is 5.45. The first-order valence-electron chi connectivity index (χ1n) is 5.45. The van der Waals surface area contributed by atoms with E-state index < -0.39 is 17.7 Å². The molecule has 94 valence electrons. The smallest absolute Gasteiger partial charge is 0.128 e. The maximum absolute atomic E-state index is 13.7. The van der Waals surface area contributed by atoms with Crippen molar-refractivity contribution in [2.45, 2.75) is 13.0 Å².